The summed E-state index contributed by atoms with van der Waals surface area (Å²) in [5, 5.41) is 7.89. The highest BCUT2D eigenvalue weighted by molar-refractivity contribution is 6.31. The predicted molar refractivity (Wildman–Crippen MR) is 136 cm³/mol. The third-order valence-electron chi connectivity index (χ3n) is 6.57. The number of anilines is 3. The third kappa shape index (κ3) is 4.93. The number of rotatable bonds is 5. The van der Waals surface area contributed by atoms with Gasteiger partial charge < -0.3 is 21.7 Å². The van der Waals surface area contributed by atoms with Crippen molar-refractivity contribution in [1.29, 1.82) is 0 Å². The SMILES string of the molecule is NCC(=O)Nc1cc(NC(=O)c2cc(F)cc(C(F)(F)F)c2)c2c3c1CCN3C(=O)N[C@H]2c1cc(F)ccc1Cl. The summed E-state index contributed by atoms with van der Waals surface area (Å²) in [5.74, 6) is -3.64. The number of carbonyl (C=O) groups excluding carboxylic acids is 3. The molecule has 2 heterocycles. The summed E-state index contributed by atoms with van der Waals surface area (Å²) in [6.45, 7) is -0.188. The summed E-state index contributed by atoms with van der Waals surface area (Å²) >= 11 is 6.35. The van der Waals surface area contributed by atoms with E-state index in [1.54, 1.807) is 0 Å². The van der Waals surface area contributed by atoms with Crippen molar-refractivity contribution in [1.82, 2.24) is 5.32 Å². The fourth-order valence-electron chi connectivity index (χ4n) is 4.86. The summed E-state index contributed by atoms with van der Waals surface area (Å²) in [6, 6.07) is 4.56. The van der Waals surface area contributed by atoms with E-state index in [-0.39, 0.29) is 46.7 Å². The quantitative estimate of drug-likeness (QED) is 0.320. The molecular weight excluding hydrogens is 561 g/mol. The van der Waals surface area contributed by atoms with Gasteiger partial charge in [0.1, 0.15) is 11.6 Å². The van der Waals surface area contributed by atoms with Crippen molar-refractivity contribution >= 4 is 46.5 Å². The summed E-state index contributed by atoms with van der Waals surface area (Å²) in [7, 11) is 0. The van der Waals surface area contributed by atoms with Crippen LogP contribution in [-0.4, -0.2) is 30.9 Å². The van der Waals surface area contributed by atoms with Gasteiger partial charge in [0, 0.05) is 39.5 Å². The Bertz CT molecular complexity index is 1580. The Morgan fingerprint density at radius 1 is 1.05 bits per heavy atom. The number of nitrogens with one attached hydrogen (secondary N) is 3. The number of hydrogen-bond donors (Lipinski definition) is 4. The highest BCUT2D eigenvalue weighted by Crippen LogP contribution is 2.49. The standard InChI is InChI=1S/C26H19ClF5N5O3/c27-17-2-1-13(28)8-16(17)22-21-19(35-24(39)11-5-12(26(30,31)32)7-14(29)6-11)9-18(34-20(38)10-33)15-3-4-37(23(15)21)25(40)36-22/h1-2,5-9,22H,3-4,10,33H2,(H,34,38)(H,35,39)(H,36,40)/t22-/m0/s1. The second kappa shape index (κ2) is 10.1. The number of urea groups is 1. The van der Waals surface area contributed by atoms with Crippen LogP contribution in [-0.2, 0) is 17.4 Å². The van der Waals surface area contributed by atoms with Crippen molar-refractivity contribution in [3.63, 3.8) is 0 Å². The van der Waals surface area contributed by atoms with E-state index in [0.29, 0.717) is 29.8 Å². The largest absolute Gasteiger partial charge is 0.416 e. The Labute approximate surface area is 228 Å². The monoisotopic (exact) mass is 579 g/mol. The first-order valence-electron chi connectivity index (χ1n) is 11.8. The zero-order chi connectivity index (χ0) is 28.9. The van der Waals surface area contributed by atoms with E-state index in [1.165, 1.54) is 17.0 Å². The molecule has 5 N–H and O–H groups in total. The van der Waals surface area contributed by atoms with Gasteiger partial charge >= 0.3 is 12.2 Å². The Kier molecular flexibility index (Phi) is 6.88. The normalized spacial score (nSPS) is 15.9. The lowest BCUT2D eigenvalue weighted by Gasteiger charge is -2.35. The average molecular weight is 580 g/mol. The molecular formula is C26H19ClF5N5O3. The highest BCUT2D eigenvalue weighted by Gasteiger charge is 2.41. The maximum absolute atomic E-state index is 14.3. The van der Waals surface area contributed by atoms with Gasteiger partial charge in [-0.05, 0) is 48.9 Å². The maximum Gasteiger partial charge on any atom is 0.416 e. The number of alkyl halides is 3. The highest BCUT2D eigenvalue weighted by atomic mass is 35.5. The zero-order valence-corrected chi connectivity index (χ0v) is 21.0. The minimum atomic E-state index is -4.92. The molecule has 3 aromatic carbocycles. The fraction of sp³-hybridized carbons (Fsp3) is 0.192. The molecule has 0 aliphatic carbocycles. The van der Waals surface area contributed by atoms with Gasteiger partial charge in [-0.3, -0.25) is 14.5 Å². The van der Waals surface area contributed by atoms with Crippen LogP contribution in [0.4, 0.5) is 43.8 Å². The van der Waals surface area contributed by atoms with Crippen LogP contribution in [0.25, 0.3) is 0 Å². The van der Waals surface area contributed by atoms with E-state index in [1.807, 2.05) is 0 Å². The molecule has 3 aromatic rings. The van der Waals surface area contributed by atoms with Crippen molar-refractivity contribution in [2.45, 2.75) is 18.6 Å². The minimum Gasteiger partial charge on any atom is -0.327 e. The molecule has 2 aliphatic heterocycles. The number of nitrogens with zero attached hydrogens (tertiary/aromatic N) is 1. The van der Waals surface area contributed by atoms with Gasteiger partial charge in [-0.1, -0.05) is 11.6 Å². The van der Waals surface area contributed by atoms with E-state index < -0.39 is 52.8 Å². The van der Waals surface area contributed by atoms with Crippen LogP contribution in [0.3, 0.4) is 0 Å². The van der Waals surface area contributed by atoms with Crippen LogP contribution in [0.15, 0.2) is 42.5 Å². The Hall–Kier alpha value is -4.23. The lowest BCUT2D eigenvalue weighted by atomic mass is 9.90. The fourth-order valence-corrected chi connectivity index (χ4v) is 5.08. The van der Waals surface area contributed by atoms with E-state index in [0.717, 1.165) is 12.1 Å². The van der Waals surface area contributed by atoms with Gasteiger partial charge in [0.05, 0.1) is 29.5 Å². The second-order valence-corrected chi connectivity index (χ2v) is 9.50. The molecule has 0 bridgehead atoms. The van der Waals surface area contributed by atoms with Gasteiger partial charge in [0.15, 0.2) is 0 Å². The van der Waals surface area contributed by atoms with Crippen molar-refractivity contribution in [2.75, 3.05) is 28.6 Å². The number of amides is 4. The smallest absolute Gasteiger partial charge is 0.327 e. The summed E-state index contributed by atoms with van der Waals surface area (Å²) in [4.78, 5) is 39.8. The molecule has 1 atom stereocenters. The Morgan fingerprint density at radius 3 is 2.50 bits per heavy atom. The molecule has 5 rings (SSSR count). The molecule has 0 spiro atoms. The maximum atomic E-state index is 14.3. The first kappa shape index (κ1) is 27.3. The van der Waals surface area contributed by atoms with Crippen LogP contribution < -0.4 is 26.6 Å². The number of benzene rings is 3. The van der Waals surface area contributed by atoms with Crippen LogP contribution in [0, 0.1) is 11.6 Å². The molecule has 0 saturated carbocycles. The van der Waals surface area contributed by atoms with Gasteiger partial charge in [0.25, 0.3) is 5.91 Å². The van der Waals surface area contributed by atoms with E-state index in [4.69, 9.17) is 17.3 Å². The lowest BCUT2D eigenvalue weighted by Crippen LogP contribution is -2.46. The minimum absolute atomic E-state index is 0.0499. The van der Waals surface area contributed by atoms with Crippen LogP contribution >= 0.6 is 11.6 Å². The molecule has 0 unspecified atom stereocenters. The van der Waals surface area contributed by atoms with Gasteiger partial charge in [-0.25, -0.2) is 13.6 Å². The summed E-state index contributed by atoms with van der Waals surface area (Å²) < 4.78 is 68.1. The predicted octanol–water partition coefficient (Wildman–Crippen LogP) is 4.96. The zero-order valence-electron chi connectivity index (χ0n) is 20.3. The molecule has 40 heavy (non-hydrogen) atoms. The molecule has 2 aliphatic rings. The van der Waals surface area contributed by atoms with Crippen molar-refractivity contribution in [3.05, 3.63) is 86.9 Å². The number of hydrogen-bond acceptors (Lipinski definition) is 4. The number of halogens is 6. The summed E-state index contributed by atoms with van der Waals surface area (Å²) in [5.41, 5.74) is 4.78. The molecule has 14 heteroatoms. The van der Waals surface area contributed by atoms with Crippen molar-refractivity contribution in [2.24, 2.45) is 5.73 Å². The number of nitrogens with two attached hydrogens (primary N) is 1. The van der Waals surface area contributed by atoms with Crippen molar-refractivity contribution < 1.29 is 36.3 Å². The lowest BCUT2D eigenvalue weighted by molar-refractivity contribution is -0.137. The molecule has 0 aromatic heterocycles. The molecule has 0 radical (unpaired) electrons. The molecule has 0 fully saturated rings. The van der Waals surface area contributed by atoms with E-state index in [2.05, 4.69) is 16.0 Å². The van der Waals surface area contributed by atoms with Gasteiger partial charge in [0.2, 0.25) is 5.91 Å². The van der Waals surface area contributed by atoms with Crippen LogP contribution in [0.2, 0.25) is 5.02 Å². The molecule has 0 saturated heterocycles. The molecule has 8 nitrogen and oxygen atoms in total. The first-order valence-corrected chi connectivity index (χ1v) is 12.2. The topological polar surface area (TPSA) is 117 Å². The molecule has 208 valence electrons. The second-order valence-electron chi connectivity index (χ2n) is 9.10. The number of carbonyl (C=O) groups is 3. The summed E-state index contributed by atoms with van der Waals surface area (Å²) in [6.07, 6.45) is -4.62. The van der Waals surface area contributed by atoms with Crippen molar-refractivity contribution in [3.8, 4) is 0 Å². The van der Waals surface area contributed by atoms with Gasteiger partial charge in [-0.2, -0.15) is 13.2 Å². The third-order valence-corrected chi connectivity index (χ3v) is 6.91. The van der Waals surface area contributed by atoms with E-state index >= 15 is 0 Å². The average Bonchev–Trinajstić information content (AvgIpc) is 3.34. The Morgan fingerprint density at radius 2 is 1.80 bits per heavy atom. The Balaban J connectivity index is 1.70. The van der Waals surface area contributed by atoms with E-state index in [9.17, 15) is 36.3 Å². The first-order chi connectivity index (χ1) is 18.9. The van der Waals surface area contributed by atoms with Gasteiger partial charge in [-0.15, -0.1) is 0 Å². The van der Waals surface area contributed by atoms with Crippen LogP contribution in [0.1, 0.15) is 38.7 Å². The van der Waals surface area contributed by atoms with Crippen LogP contribution in [0.5, 0.6) is 0 Å². The molecule has 4 amide bonds.